The number of nitrogens with zero attached hydrogens (tertiary/aromatic N) is 2. The van der Waals surface area contributed by atoms with Gasteiger partial charge in [0.25, 0.3) is 21.6 Å². The van der Waals surface area contributed by atoms with Gasteiger partial charge in [0.05, 0.1) is 15.5 Å². The van der Waals surface area contributed by atoms with Gasteiger partial charge in [-0.15, -0.1) is 0 Å². The molecule has 0 radical (unpaired) electrons. The second-order valence-electron chi connectivity index (χ2n) is 7.82. The number of benzene rings is 3. The third-order valence-electron chi connectivity index (χ3n) is 5.57. The molecule has 0 aromatic heterocycles. The van der Waals surface area contributed by atoms with Gasteiger partial charge >= 0.3 is 0 Å². The molecule has 0 unspecified atom stereocenters. The van der Waals surface area contributed by atoms with Gasteiger partial charge in [-0.25, -0.2) is 8.42 Å². The van der Waals surface area contributed by atoms with Crippen LogP contribution >= 0.6 is 0 Å². The third kappa shape index (κ3) is 5.01. The van der Waals surface area contributed by atoms with Crippen molar-refractivity contribution >= 4 is 33.0 Å². The van der Waals surface area contributed by atoms with Gasteiger partial charge in [0, 0.05) is 43.0 Å². The van der Waals surface area contributed by atoms with Crippen molar-refractivity contribution < 1.29 is 18.1 Å². The van der Waals surface area contributed by atoms with Gasteiger partial charge in [-0.1, -0.05) is 24.3 Å². The average molecular weight is 481 g/mol. The van der Waals surface area contributed by atoms with E-state index in [1.54, 1.807) is 30.3 Å². The van der Waals surface area contributed by atoms with E-state index < -0.39 is 14.9 Å². The minimum Gasteiger partial charge on any atom is -0.383 e. The molecule has 2 N–H and O–H groups in total. The fraction of sp³-hybridized carbons (Fsp3) is 0.208. The molecule has 176 valence electrons. The number of carbonyl (C=O) groups is 1. The Kier molecular flexibility index (Phi) is 6.78. The van der Waals surface area contributed by atoms with Crippen LogP contribution in [0.15, 0.2) is 77.7 Å². The monoisotopic (exact) mass is 480 g/mol. The average Bonchev–Trinajstić information content (AvgIpc) is 2.86. The number of anilines is 2. The van der Waals surface area contributed by atoms with Crippen LogP contribution in [0.4, 0.5) is 17.1 Å². The maximum Gasteiger partial charge on any atom is 0.269 e. The highest BCUT2D eigenvalue weighted by atomic mass is 32.2. The zero-order valence-corrected chi connectivity index (χ0v) is 19.1. The zero-order chi connectivity index (χ0) is 24.1. The molecule has 0 saturated heterocycles. The van der Waals surface area contributed by atoms with Gasteiger partial charge in [0.2, 0.25) is 0 Å². The van der Waals surface area contributed by atoms with Gasteiger partial charge in [-0.2, -0.15) is 0 Å². The van der Waals surface area contributed by atoms with E-state index in [1.165, 1.54) is 28.6 Å². The quantitative estimate of drug-likeness (QED) is 0.289. The highest BCUT2D eigenvalue weighted by molar-refractivity contribution is 7.92. The van der Waals surface area contributed by atoms with Crippen LogP contribution in [0.2, 0.25) is 0 Å². The number of fused-ring (bicyclic) bond motifs is 1. The van der Waals surface area contributed by atoms with Crippen molar-refractivity contribution in [3.63, 3.8) is 0 Å². The first-order valence-electron chi connectivity index (χ1n) is 10.8. The minimum absolute atomic E-state index is 0.00160. The Bertz CT molecular complexity index is 1310. The summed E-state index contributed by atoms with van der Waals surface area (Å²) < 4.78 is 28.1. The number of para-hydroxylation sites is 1. The summed E-state index contributed by atoms with van der Waals surface area (Å²) in [5.74, 6) is -0.387. The molecular formula is C24H24N4O5S. The van der Waals surface area contributed by atoms with Crippen molar-refractivity contribution in [3.05, 3.63) is 94.0 Å². The van der Waals surface area contributed by atoms with E-state index >= 15 is 0 Å². The van der Waals surface area contributed by atoms with Gasteiger partial charge in [-0.3, -0.25) is 19.2 Å². The van der Waals surface area contributed by atoms with Crippen LogP contribution in [0, 0.1) is 10.1 Å². The minimum atomic E-state index is -3.81. The van der Waals surface area contributed by atoms with Crippen LogP contribution in [0.1, 0.15) is 22.3 Å². The van der Waals surface area contributed by atoms with E-state index in [9.17, 15) is 23.3 Å². The Morgan fingerprint density at radius 3 is 2.53 bits per heavy atom. The van der Waals surface area contributed by atoms with E-state index in [4.69, 9.17) is 0 Å². The Labute approximate surface area is 197 Å². The summed E-state index contributed by atoms with van der Waals surface area (Å²) in [7, 11) is -3.81. The molecule has 4 rings (SSSR count). The van der Waals surface area contributed by atoms with Gasteiger partial charge in [0.1, 0.15) is 0 Å². The number of aryl methyl sites for hydroxylation is 1. The molecule has 34 heavy (non-hydrogen) atoms. The number of nitro benzene ring substituents is 1. The third-order valence-corrected chi connectivity index (χ3v) is 7.38. The predicted molar refractivity (Wildman–Crippen MR) is 130 cm³/mol. The van der Waals surface area contributed by atoms with Crippen molar-refractivity contribution in [3.8, 4) is 0 Å². The van der Waals surface area contributed by atoms with Crippen LogP contribution in [0.3, 0.4) is 0 Å². The molecule has 0 aliphatic carbocycles. The molecule has 9 nitrogen and oxygen atoms in total. The summed E-state index contributed by atoms with van der Waals surface area (Å²) in [6.07, 6.45) is 1.57. The van der Waals surface area contributed by atoms with Gasteiger partial charge < -0.3 is 10.6 Å². The molecule has 0 saturated carbocycles. The number of hydrogen-bond acceptors (Lipinski definition) is 6. The number of amides is 1. The summed E-state index contributed by atoms with van der Waals surface area (Å²) >= 11 is 0. The first-order valence-corrected chi connectivity index (χ1v) is 12.3. The van der Waals surface area contributed by atoms with E-state index in [0.717, 1.165) is 18.4 Å². The Morgan fingerprint density at radius 1 is 1.00 bits per heavy atom. The fourth-order valence-corrected chi connectivity index (χ4v) is 5.45. The molecule has 3 aromatic carbocycles. The second kappa shape index (κ2) is 9.92. The molecular weight excluding hydrogens is 456 g/mol. The number of non-ortho nitro benzene ring substituents is 1. The lowest BCUT2D eigenvalue weighted by molar-refractivity contribution is -0.384. The molecule has 1 amide bonds. The first kappa shape index (κ1) is 23.2. The number of hydrogen-bond donors (Lipinski definition) is 2. The summed E-state index contributed by atoms with van der Waals surface area (Å²) in [6.45, 7) is 1.07. The maximum atomic E-state index is 13.4. The SMILES string of the molecule is O=C(NCCNc1ccc([N+](=O)[O-])cc1)c1cccc(S(=O)(=O)N2CCCc3ccccc32)c1. The highest BCUT2D eigenvalue weighted by Gasteiger charge is 2.29. The van der Waals surface area contributed by atoms with Crippen molar-refractivity contribution in [1.82, 2.24) is 5.32 Å². The lowest BCUT2D eigenvalue weighted by Crippen LogP contribution is -2.35. The van der Waals surface area contributed by atoms with Crippen LogP contribution in [-0.4, -0.2) is 38.9 Å². The predicted octanol–water partition coefficient (Wildman–Crippen LogP) is 3.58. The van der Waals surface area contributed by atoms with E-state index in [2.05, 4.69) is 10.6 Å². The van der Waals surface area contributed by atoms with Crippen molar-refractivity contribution in [2.24, 2.45) is 0 Å². The smallest absolute Gasteiger partial charge is 0.269 e. The summed E-state index contributed by atoms with van der Waals surface area (Å²) in [4.78, 5) is 22.9. The Balaban J connectivity index is 1.39. The number of sulfonamides is 1. The molecule has 0 spiro atoms. The molecule has 0 fully saturated rings. The zero-order valence-electron chi connectivity index (χ0n) is 18.3. The van der Waals surface area contributed by atoms with E-state index in [0.29, 0.717) is 24.5 Å². The van der Waals surface area contributed by atoms with Crippen LogP contribution in [0.5, 0.6) is 0 Å². The normalized spacial score (nSPS) is 13.1. The Hall–Kier alpha value is -3.92. The van der Waals surface area contributed by atoms with E-state index in [1.807, 2.05) is 18.2 Å². The number of rotatable bonds is 8. The highest BCUT2D eigenvalue weighted by Crippen LogP contribution is 2.31. The maximum absolute atomic E-state index is 13.4. The number of nitro groups is 1. The lowest BCUT2D eigenvalue weighted by Gasteiger charge is -2.30. The molecule has 1 aliphatic rings. The van der Waals surface area contributed by atoms with Gasteiger partial charge in [-0.05, 0) is 54.8 Å². The van der Waals surface area contributed by atoms with Crippen molar-refractivity contribution in [1.29, 1.82) is 0 Å². The summed E-state index contributed by atoms with van der Waals surface area (Å²) in [6, 6.07) is 19.5. The van der Waals surface area contributed by atoms with Crippen LogP contribution < -0.4 is 14.9 Å². The summed E-state index contributed by atoms with van der Waals surface area (Å²) in [5.41, 5.74) is 2.62. The van der Waals surface area contributed by atoms with Crippen LogP contribution in [-0.2, 0) is 16.4 Å². The topological polar surface area (TPSA) is 122 Å². The van der Waals surface area contributed by atoms with E-state index in [-0.39, 0.29) is 28.6 Å². The summed E-state index contributed by atoms with van der Waals surface area (Å²) in [5, 5.41) is 16.5. The molecule has 1 aliphatic heterocycles. The standard InChI is InChI=1S/C24H24N4O5S/c29-24(26-15-14-25-20-10-12-21(13-11-20)28(30)31)19-6-3-8-22(17-19)34(32,33)27-16-4-7-18-5-1-2-9-23(18)27/h1-3,5-6,8-13,17,25H,4,7,14-16H2,(H,26,29). The largest absolute Gasteiger partial charge is 0.383 e. The number of carbonyl (C=O) groups excluding carboxylic acids is 1. The van der Waals surface area contributed by atoms with Crippen molar-refractivity contribution in [2.45, 2.75) is 17.7 Å². The molecule has 0 atom stereocenters. The Morgan fingerprint density at radius 2 is 1.76 bits per heavy atom. The van der Waals surface area contributed by atoms with Gasteiger partial charge in [0.15, 0.2) is 0 Å². The molecule has 0 bridgehead atoms. The second-order valence-corrected chi connectivity index (χ2v) is 9.69. The number of nitrogens with one attached hydrogen (secondary N) is 2. The molecule has 3 aromatic rings. The molecule has 10 heteroatoms. The van der Waals surface area contributed by atoms with Crippen LogP contribution in [0.25, 0.3) is 0 Å². The lowest BCUT2D eigenvalue weighted by atomic mass is 10.0. The van der Waals surface area contributed by atoms with Crippen molar-refractivity contribution in [2.75, 3.05) is 29.3 Å². The first-order chi connectivity index (χ1) is 16.4. The molecule has 1 heterocycles. The fourth-order valence-electron chi connectivity index (χ4n) is 3.86.